The third-order valence-electron chi connectivity index (χ3n) is 2.11. The average molecular weight is 188 g/mol. The summed E-state index contributed by atoms with van der Waals surface area (Å²) in [5, 5.41) is 7.82. The van der Waals surface area contributed by atoms with Crippen molar-refractivity contribution in [3.8, 4) is 5.69 Å². The number of rotatable bonds is 2. The zero-order valence-electron chi connectivity index (χ0n) is 8.01. The van der Waals surface area contributed by atoms with Crippen LogP contribution in [0.2, 0.25) is 0 Å². The Bertz CT molecular complexity index is 433. The van der Waals surface area contributed by atoms with Gasteiger partial charge in [-0.1, -0.05) is 17.3 Å². The van der Waals surface area contributed by atoms with Gasteiger partial charge in [0.2, 0.25) is 0 Å². The van der Waals surface area contributed by atoms with Crippen LogP contribution in [0.3, 0.4) is 0 Å². The van der Waals surface area contributed by atoms with E-state index in [2.05, 4.69) is 10.3 Å². The number of hydrogen-bond acceptors (Lipinski definition) is 3. The molecule has 0 saturated carbocycles. The highest BCUT2D eigenvalue weighted by molar-refractivity contribution is 5.35. The molecule has 72 valence electrons. The average Bonchev–Trinajstić information content (AvgIpc) is 2.65. The maximum Gasteiger partial charge on any atom is 0.0726 e. The molecule has 0 saturated heterocycles. The lowest BCUT2D eigenvalue weighted by Gasteiger charge is -2.04. The van der Waals surface area contributed by atoms with Gasteiger partial charge in [-0.25, -0.2) is 4.68 Å². The van der Waals surface area contributed by atoms with Crippen LogP contribution in [0.15, 0.2) is 30.5 Å². The van der Waals surface area contributed by atoms with E-state index in [4.69, 9.17) is 5.73 Å². The summed E-state index contributed by atoms with van der Waals surface area (Å²) >= 11 is 0. The topological polar surface area (TPSA) is 56.7 Å². The van der Waals surface area contributed by atoms with E-state index in [-0.39, 0.29) is 0 Å². The van der Waals surface area contributed by atoms with Crippen molar-refractivity contribution in [2.75, 3.05) is 0 Å². The summed E-state index contributed by atoms with van der Waals surface area (Å²) in [5.41, 5.74) is 8.68. The van der Waals surface area contributed by atoms with Gasteiger partial charge in [0.05, 0.1) is 17.6 Å². The zero-order valence-corrected chi connectivity index (χ0v) is 8.01. The SMILES string of the molecule is Cc1cnnn1-c1cccc(CN)c1. The molecule has 0 amide bonds. The molecule has 2 aromatic rings. The molecule has 2 N–H and O–H groups in total. The molecule has 1 aromatic carbocycles. The first-order valence-corrected chi connectivity index (χ1v) is 4.48. The Morgan fingerprint density at radius 3 is 2.93 bits per heavy atom. The number of aryl methyl sites for hydroxylation is 1. The quantitative estimate of drug-likeness (QED) is 0.766. The van der Waals surface area contributed by atoms with Gasteiger partial charge >= 0.3 is 0 Å². The van der Waals surface area contributed by atoms with Crippen molar-refractivity contribution in [1.29, 1.82) is 0 Å². The molecule has 0 fully saturated rings. The molecular weight excluding hydrogens is 176 g/mol. The Labute approximate surface area is 82.4 Å². The highest BCUT2D eigenvalue weighted by atomic mass is 15.4. The Morgan fingerprint density at radius 2 is 2.29 bits per heavy atom. The summed E-state index contributed by atoms with van der Waals surface area (Å²) in [5.74, 6) is 0. The van der Waals surface area contributed by atoms with E-state index in [9.17, 15) is 0 Å². The second kappa shape index (κ2) is 3.59. The minimum absolute atomic E-state index is 0.543. The van der Waals surface area contributed by atoms with Gasteiger partial charge in [0.1, 0.15) is 0 Å². The summed E-state index contributed by atoms with van der Waals surface area (Å²) in [6, 6.07) is 7.97. The lowest BCUT2D eigenvalue weighted by molar-refractivity contribution is 0.783. The normalized spacial score (nSPS) is 10.4. The molecule has 14 heavy (non-hydrogen) atoms. The lowest BCUT2D eigenvalue weighted by Crippen LogP contribution is -2.02. The van der Waals surface area contributed by atoms with Gasteiger partial charge < -0.3 is 5.73 Å². The van der Waals surface area contributed by atoms with Crippen LogP contribution in [0.1, 0.15) is 11.3 Å². The fourth-order valence-electron chi connectivity index (χ4n) is 1.36. The van der Waals surface area contributed by atoms with Crippen LogP contribution in [0.25, 0.3) is 5.69 Å². The predicted molar refractivity (Wildman–Crippen MR) is 54.0 cm³/mol. The van der Waals surface area contributed by atoms with Gasteiger partial charge in [0.25, 0.3) is 0 Å². The molecule has 0 bridgehead atoms. The summed E-state index contributed by atoms with van der Waals surface area (Å²) in [6.07, 6.45) is 1.73. The van der Waals surface area contributed by atoms with Crippen molar-refractivity contribution in [3.63, 3.8) is 0 Å². The Hall–Kier alpha value is -1.68. The van der Waals surface area contributed by atoms with E-state index < -0.39 is 0 Å². The summed E-state index contributed by atoms with van der Waals surface area (Å²) in [7, 11) is 0. The monoisotopic (exact) mass is 188 g/mol. The molecule has 0 unspecified atom stereocenters. The van der Waals surface area contributed by atoms with E-state index in [1.807, 2.05) is 31.2 Å². The third-order valence-corrected chi connectivity index (χ3v) is 2.11. The zero-order chi connectivity index (χ0) is 9.97. The van der Waals surface area contributed by atoms with E-state index in [1.54, 1.807) is 10.9 Å². The molecule has 0 spiro atoms. The number of aromatic nitrogens is 3. The van der Waals surface area contributed by atoms with Crippen molar-refractivity contribution >= 4 is 0 Å². The van der Waals surface area contributed by atoms with Crippen molar-refractivity contribution in [2.45, 2.75) is 13.5 Å². The molecule has 4 heteroatoms. The van der Waals surface area contributed by atoms with Gasteiger partial charge in [0, 0.05) is 6.54 Å². The largest absolute Gasteiger partial charge is 0.326 e. The van der Waals surface area contributed by atoms with Crippen LogP contribution in [-0.2, 0) is 6.54 Å². The standard InChI is InChI=1S/C10H12N4/c1-8-7-12-13-14(8)10-4-2-3-9(5-10)6-11/h2-5,7H,6,11H2,1H3. The van der Waals surface area contributed by atoms with Crippen molar-refractivity contribution in [2.24, 2.45) is 5.73 Å². The molecule has 0 aliphatic rings. The molecule has 4 nitrogen and oxygen atoms in total. The number of nitrogens with zero attached hydrogens (tertiary/aromatic N) is 3. The molecule has 2 rings (SSSR count). The molecule has 0 radical (unpaired) electrons. The van der Waals surface area contributed by atoms with Crippen molar-refractivity contribution < 1.29 is 0 Å². The second-order valence-electron chi connectivity index (χ2n) is 3.16. The highest BCUT2D eigenvalue weighted by Gasteiger charge is 2.01. The van der Waals surface area contributed by atoms with Crippen molar-refractivity contribution in [3.05, 3.63) is 41.7 Å². The third kappa shape index (κ3) is 1.52. The van der Waals surface area contributed by atoms with Crippen LogP contribution in [-0.4, -0.2) is 15.0 Å². The van der Waals surface area contributed by atoms with Gasteiger partial charge in [-0.15, -0.1) is 5.10 Å². The minimum atomic E-state index is 0.543. The van der Waals surface area contributed by atoms with Crippen LogP contribution in [0, 0.1) is 6.92 Å². The fourth-order valence-corrected chi connectivity index (χ4v) is 1.36. The van der Waals surface area contributed by atoms with E-state index in [0.717, 1.165) is 16.9 Å². The molecule has 1 aromatic heterocycles. The van der Waals surface area contributed by atoms with E-state index in [1.165, 1.54) is 0 Å². The van der Waals surface area contributed by atoms with Gasteiger partial charge in [-0.2, -0.15) is 0 Å². The van der Waals surface area contributed by atoms with Gasteiger partial charge in [0.15, 0.2) is 0 Å². The number of benzene rings is 1. The van der Waals surface area contributed by atoms with Crippen LogP contribution >= 0.6 is 0 Å². The number of nitrogens with two attached hydrogens (primary N) is 1. The number of hydrogen-bond donors (Lipinski definition) is 1. The van der Waals surface area contributed by atoms with Gasteiger partial charge in [-0.3, -0.25) is 0 Å². The summed E-state index contributed by atoms with van der Waals surface area (Å²) < 4.78 is 1.79. The Kier molecular flexibility index (Phi) is 2.28. The van der Waals surface area contributed by atoms with Crippen LogP contribution in [0.4, 0.5) is 0 Å². The highest BCUT2D eigenvalue weighted by Crippen LogP contribution is 2.10. The molecular formula is C10H12N4. The Morgan fingerprint density at radius 1 is 1.43 bits per heavy atom. The van der Waals surface area contributed by atoms with E-state index in [0.29, 0.717) is 6.54 Å². The fraction of sp³-hybridized carbons (Fsp3) is 0.200. The maximum absolute atomic E-state index is 5.56. The second-order valence-corrected chi connectivity index (χ2v) is 3.16. The predicted octanol–water partition coefficient (Wildman–Crippen LogP) is 1.03. The summed E-state index contributed by atoms with van der Waals surface area (Å²) in [4.78, 5) is 0. The molecule has 0 aliphatic carbocycles. The first-order valence-electron chi connectivity index (χ1n) is 4.48. The first kappa shape index (κ1) is 8.90. The van der Waals surface area contributed by atoms with E-state index >= 15 is 0 Å². The first-order chi connectivity index (χ1) is 6.81. The minimum Gasteiger partial charge on any atom is -0.326 e. The molecule has 0 atom stereocenters. The molecule has 0 aliphatic heterocycles. The maximum atomic E-state index is 5.56. The van der Waals surface area contributed by atoms with Crippen LogP contribution in [0.5, 0.6) is 0 Å². The van der Waals surface area contributed by atoms with Gasteiger partial charge in [-0.05, 0) is 24.6 Å². The lowest BCUT2D eigenvalue weighted by atomic mass is 10.2. The summed E-state index contributed by atoms with van der Waals surface area (Å²) in [6.45, 7) is 2.51. The van der Waals surface area contributed by atoms with Crippen LogP contribution < -0.4 is 5.73 Å². The smallest absolute Gasteiger partial charge is 0.0726 e. The Balaban J connectivity index is 2.47. The van der Waals surface area contributed by atoms with Crippen molar-refractivity contribution in [1.82, 2.24) is 15.0 Å². The molecule has 1 heterocycles.